The molecule has 3 rings (SSSR count). The van der Waals surface area contributed by atoms with E-state index in [1.54, 1.807) is 6.26 Å². The molecule has 0 aliphatic carbocycles. The minimum absolute atomic E-state index is 0.421. The van der Waals surface area contributed by atoms with Crippen LogP contribution in [0, 0.1) is 0 Å². The van der Waals surface area contributed by atoms with Crippen molar-refractivity contribution < 1.29 is 4.42 Å². The first kappa shape index (κ1) is 9.40. The molecule has 16 heavy (non-hydrogen) atoms. The first-order valence-corrected chi connectivity index (χ1v) is 5.53. The van der Waals surface area contributed by atoms with Gasteiger partial charge in [-0.2, -0.15) is 0 Å². The number of benzene rings is 1. The van der Waals surface area contributed by atoms with Gasteiger partial charge in [-0.15, -0.1) is 0 Å². The van der Waals surface area contributed by atoms with Gasteiger partial charge in [-0.1, -0.05) is 38.1 Å². The van der Waals surface area contributed by atoms with Gasteiger partial charge in [-0.05, 0) is 5.92 Å². The van der Waals surface area contributed by atoms with Crippen molar-refractivity contribution in [2.75, 3.05) is 0 Å². The van der Waals surface area contributed by atoms with Crippen LogP contribution in [0.4, 0.5) is 0 Å². The molecule has 2 nitrogen and oxygen atoms in total. The average molecular weight is 211 g/mol. The smallest absolute Gasteiger partial charge is 0.160 e. The summed E-state index contributed by atoms with van der Waals surface area (Å²) in [6, 6.07) is 10.2. The number of furan rings is 1. The summed E-state index contributed by atoms with van der Waals surface area (Å²) >= 11 is 0. The highest BCUT2D eigenvalue weighted by atomic mass is 16.3. The normalized spacial score (nSPS) is 11.7. The zero-order valence-corrected chi connectivity index (χ0v) is 9.40. The van der Waals surface area contributed by atoms with Crippen molar-refractivity contribution in [1.82, 2.24) is 4.98 Å². The predicted molar refractivity (Wildman–Crippen MR) is 65.6 cm³/mol. The summed E-state index contributed by atoms with van der Waals surface area (Å²) in [5, 5.41) is 2.35. The summed E-state index contributed by atoms with van der Waals surface area (Å²) in [5.41, 5.74) is 2.98. The third-order valence-electron chi connectivity index (χ3n) is 2.88. The van der Waals surface area contributed by atoms with Crippen molar-refractivity contribution >= 4 is 21.9 Å². The highest BCUT2D eigenvalue weighted by molar-refractivity contribution is 6.03. The quantitative estimate of drug-likeness (QED) is 0.605. The van der Waals surface area contributed by atoms with Crippen LogP contribution in [0.5, 0.6) is 0 Å². The highest BCUT2D eigenvalue weighted by Gasteiger charge is 2.12. The summed E-state index contributed by atoms with van der Waals surface area (Å²) in [4.78, 5) is 4.67. The zero-order chi connectivity index (χ0) is 11.1. The molecule has 0 fully saturated rings. The van der Waals surface area contributed by atoms with Crippen LogP contribution in [0.3, 0.4) is 0 Å². The average Bonchev–Trinajstić information content (AvgIpc) is 2.75. The third kappa shape index (κ3) is 1.23. The number of hydrogen-bond acceptors (Lipinski definition) is 2. The van der Waals surface area contributed by atoms with E-state index in [1.807, 2.05) is 18.2 Å². The molecule has 2 heterocycles. The van der Waals surface area contributed by atoms with E-state index in [-0.39, 0.29) is 0 Å². The van der Waals surface area contributed by atoms with E-state index in [2.05, 4.69) is 31.0 Å². The Kier molecular flexibility index (Phi) is 1.96. The van der Waals surface area contributed by atoms with Crippen molar-refractivity contribution in [2.45, 2.75) is 19.8 Å². The molecule has 0 amide bonds. The molecule has 2 heteroatoms. The van der Waals surface area contributed by atoms with Gasteiger partial charge >= 0.3 is 0 Å². The van der Waals surface area contributed by atoms with Gasteiger partial charge in [0.1, 0.15) is 5.52 Å². The van der Waals surface area contributed by atoms with E-state index in [4.69, 9.17) is 4.42 Å². The van der Waals surface area contributed by atoms with E-state index in [0.29, 0.717) is 5.92 Å². The molecule has 0 spiro atoms. The molecule has 0 aliphatic rings. The Balaban J connectivity index is 2.55. The fourth-order valence-corrected chi connectivity index (χ4v) is 2.13. The Bertz CT molecular complexity index is 652. The Labute approximate surface area is 93.9 Å². The molecule has 0 atom stereocenters. The van der Waals surface area contributed by atoms with E-state index in [1.165, 1.54) is 5.39 Å². The lowest BCUT2D eigenvalue weighted by atomic mass is 10.0. The number of hydrogen-bond donors (Lipinski definition) is 0. The molecule has 0 saturated heterocycles. The largest absolute Gasteiger partial charge is 0.462 e. The summed E-state index contributed by atoms with van der Waals surface area (Å²) in [5.74, 6) is 0.421. The summed E-state index contributed by atoms with van der Waals surface area (Å²) in [6.07, 6.45) is 1.70. The predicted octanol–water partition coefficient (Wildman–Crippen LogP) is 4.10. The van der Waals surface area contributed by atoms with Gasteiger partial charge in [0.15, 0.2) is 5.58 Å². The number of aromatic nitrogens is 1. The van der Waals surface area contributed by atoms with Crippen LogP contribution in [0.15, 0.2) is 41.0 Å². The number of rotatable bonds is 1. The van der Waals surface area contributed by atoms with Crippen LogP contribution in [0.25, 0.3) is 21.9 Å². The van der Waals surface area contributed by atoms with Crippen LogP contribution in [0.2, 0.25) is 0 Å². The van der Waals surface area contributed by atoms with E-state index in [9.17, 15) is 0 Å². The lowest BCUT2D eigenvalue weighted by molar-refractivity contribution is 0.618. The van der Waals surface area contributed by atoms with E-state index in [0.717, 1.165) is 22.2 Å². The van der Waals surface area contributed by atoms with Crippen LogP contribution in [0.1, 0.15) is 25.5 Å². The van der Waals surface area contributed by atoms with Gasteiger partial charge in [-0.3, -0.25) is 0 Å². The topological polar surface area (TPSA) is 26.0 Å². The lowest BCUT2D eigenvalue weighted by Gasteiger charge is -2.09. The van der Waals surface area contributed by atoms with Crippen LogP contribution in [-0.4, -0.2) is 4.98 Å². The maximum atomic E-state index is 5.50. The van der Waals surface area contributed by atoms with Crippen molar-refractivity contribution in [3.05, 3.63) is 42.3 Å². The fourth-order valence-electron chi connectivity index (χ4n) is 2.13. The van der Waals surface area contributed by atoms with Gasteiger partial charge in [0.25, 0.3) is 0 Å². The maximum Gasteiger partial charge on any atom is 0.160 e. The third-order valence-corrected chi connectivity index (χ3v) is 2.88. The Hall–Kier alpha value is -1.83. The minimum Gasteiger partial charge on any atom is -0.462 e. The molecule has 0 radical (unpaired) electrons. The molecular weight excluding hydrogens is 198 g/mol. The second-order valence-corrected chi connectivity index (χ2v) is 4.33. The number of nitrogens with zero attached hydrogens (tertiary/aromatic N) is 1. The lowest BCUT2D eigenvalue weighted by Crippen LogP contribution is -1.94. The van der Waals surface area contributed by atoms with Gasteiger partial charge in [0, 0.05) is 16.8 Å². The molecule has 0 unspecified atom stereocenters. The Morgan fingerprint density at radius 2 is 1.81 bits per heavy atom. The van der Waals surface area contributed by atoms with E-state index >= 15 is 0 Å². The van der Waals surface area contributed by atoms with Crippen molar-refractivity contribution in [1.29, 1.82) is 0 Å². The minimum atomic E-state index is 0.421. The van der Waals surface area contributed by atoms with Crippen molar-refractivity contribution in [3.8, 4) is 0 Å². The molecule has 3 aromatic rings. The van der Waals surface area contributed by atoms with Gasteiger partial charge in [0.2, 0.25) is 0 Å². The van der Waals surface area contributed by atoms with Gasteiger partial charge < -0.3 is 4.42 Å². The van der Waals surface area contributed by atoms with Crippen LogP contribution >= 0.6 is 0 Å². The maximum absolute atomic E-state index is 5.50. The standard InChI is InChI=1S/C14H13NO/c1-9(2)13-10-5-3-4-6-11(10)14-12(15-13)7-8-16-14/h3-9H,1-2H3. The first-order chi connectivity index (χ1) is 7.77. The zero-order valence-electron chi connectivity index (χ0n) is 9.40. The number of pyridine rings is 1. The molecule has 0 saturated carbocycles. The highest BCUT2D eigenvalue weighted by Crippen LogP contribution is 2.30. The molecule has 80 valence electrons. The van der Waals surface area contributed by atoms with Crippen LogP contribution < -0.4 is 0 Å². The van der Waals surface area contributed by atoms with Crippen molar-refractivity contribution in [2.24, 2.45) is 0 Å². The summed E-state index contributed by atoms with van der Waals surface area (Å²) in [7, 11) is 0. The van der Waals surface area contributed by atoms with Gasteiger partial charge in [0.05, 0.1) is 12.0 Å². The Morgan fingerprint density at radius 1 is 1.06 bits per heavy atom. The first-order valence-electron chi connectivity index (χ1n) is 5.53. The monoisotopic (exact) mass is 211 g/mol. The molecule has 0 N–H and O–H groups in total. The van der Waals surface area contributed by atoms with Gasteiger partial charge in [-0.25, -0.2) is 4.98 Å². The Morgan fingerprint density at radius 3 is 2.56 bits per heavy atom. The molecule has 2 aromatic heterocycles. The van der Waals surface area contributed by atoms with Crippen LogP contribution in [-0.2, 0) is 0 Å². The van der Waals surface area contributed by atoms with E-state index < -0.39 is 0 Å². The molecule has 1 aromatic carbocycles. The molecule has 0 bridgehead atoms. The fraction of sp³-hybridized carbons (Fsp3) is 0.214. The SMILES string of the molecule is CC(C)c1nc2ccoc2c2ccccc12. The summed E-state index contributed by atoms with van der Waals surface area (Å²) in [6.45, 7) is 4.33. The molecular formula is C14H13NO. The molecule has 0 aliphatic heterocycles. The number of fused-ring (bicyclic) bond motifs is 3. The summed E-state index contributed by atoms with van der Waals surface area (Å²) < 4.78 is 5.50. The van der Waals surface area contributed by atoms with Crippen molar-refractivity contribution in [3.63, 3.8) is 0 Å². The second kappa shape index (κ2) is 3.34. The second-order valence-electron chi connectivity index (χ2n) is 4.33.